The predicted octanol–water partition coefficient (Wildman–Crippen LogP) is 2.43. The number of nitrogens with zero attached hydrogens (tertiary/aromatic N) is 3. The molecule has 0 unspecified atom stereocenters. The summed E-state index contributed by atoms with van der Waals surface area (Å²) < 4.78 is 7.11. The fourth-order valence-corrected chi connectivity index (χ4v) is 4.27. The lowest BCUT2D eigenvalue weighted by Crippen LogP contribution is -2.33. The van der Waals surface area contributed by atoms with Crippen LogP contribution < -0.4 is 16.6 Å². The normalized spacial score (nSPS) is 10.8. The number of aromatic nitrogens is 4. The number of amides is 1. The Bertz CT molecular complexity index is 1260. The number of hydrogen-bond acceptors (Lipinski definition) is 8. The number of carbonyl (C=O) groups excluding carboxylic acids is 1. The Balaban J connectivity index is 1.44. The molecule has 0 spiro atoms. The van der Waals surface area contributed by atoms with Gasteiger partial charge in [0, 0.05) is 11.6 Å². The first-order chi connectivity index (χ1) is 14.6. The van der Waals surface area contributed by atoms with Crippen molar-refractivity contribution in [2.45, 2.75) is 10.9 Å². The van der Waals surface area contributed by atoms with Gasteiger partial charge in [0.1, 0.15) is 16.6 Å². The standard InChI is InChI=1S/C19H15N5O4S2/c25-15-9-14(24(18(27)21-15)10-13-7-4-8-28-13)20-16(26)11-29-19-23-22-17(30-19)12-5-2-1-3-6-12/h1-9H,10-11H2,(H,20,26)(H,21,25,27). The van der Waals surface area contributed by atoms with E-state index in [0.29, 0.717) is 10.1 Å². The highest BCUT2D eigenvalue weighted by Crippen LogP contribution is 2.29. The van der Waals surface area contributed by atoms with Crippen molar-refractivity contribution >= 4 is 34.8 Å². The Morgan fingerprint density at radius 3 is 2.77 bits per heavy atom. The summed E-state index contributed by atoms with van der Waals surface area (Å²) >= 11 is 2.61. The molecule has 0 aliphatic rings. The van der Waals surface area contributed by atoms with Crippen molar-refractivity contribution in [2.24, 2.45) is 0 Å². The summed E-state index contributed by atoms with van der Waals surface area (Å²) in [7, 11) is 0. The molecule has 0 radical (unpaired) electrons. The zero-order chi connectivity index (χ0) is 20.9. The van der Waals surface area contributed by atoms with Gasteiger partial charge >= 0.3 is 5.69 Å². The van der Waals surface area contributed by atoms with E-state index in [-0.39, 0.29) is 24.0 Å². The Hall–Kier alpha value is -3.44. The summed E-state index contributed by atoms with van der Waals surface area (Å²) in [5, 5.41) is 11.6. The third kappa shape index (κ3) is 4.75. The van der Waals surface area contributed by atoms with Crippen molar-refractivity contribution < 1.29 is 9.21 Å². The summed E-state index contributed by atoms with van der Waals surface area (Å²) in [4.78, 5) is 38.5. The highest BCUT2D eigenvalue weighted by Gasteiger charge is 2.13. The lowest BCUT2D eigenvalue weighted by Gasteiger charge is -2.11. The second-order valence-electron chi connectivity index (χ2n) is 6.07. The largest absolute Gasteiger partial charge is 0.467 e. The first-order valence-electron chi connectivity index (χ1n) is 8.76. The summed E-state index contributed by atoms with van der Waals surface area (Å²) in [6, 6.07) is 14.2. The first-order valence-corrected chi connectivity index (χ1v) is 10.6. The van der Waals surface area contributed by atoms with Gasteiger partial charge in [-0.25, -0.2) is 4.79 Å². The van der Waals surface area contributed by atoms with Crippen molar-refractivity contribution in [3.8, 4) is 10.6 Å². The van der Waals surface area contributed by atoms with Crippen LogP contribution in [0.1, 0.15) is 5.76 Å². The van der Waals surface area contributed by atoms with E-state index in [0.717, 1.165) is 16.6 Å². The fraction of sp³-hybridized carbons (Fsp3) is 0.105. The topological polar surface area (TPSA) is 123 Å². The molecule has 1 aromatic carbocycles. The highest BCUT2D eigenvalue weighted by molar-refractivity contribution is 8.01. The van der Waals surface area contributed by atoms with E-state index >= 15 is 0 Å². The molecule has 1 amide bonds. The molecule has 4 aromatic rings. The average Bonchev–Trinajstić information content (AvgIpc) is 3.42. The third-order valence-electron chi connectivity index (χ3n) is 3.95. The van der Waals surface area contributed by atoms with Gasteiger partial charge in [0.2, 0.25) is 5.91 Å². The number of aromatic amines is 1. The molecule has 4 rings (SSSR count). The average molecular weight is 441 g/mol. The minimum Gasteiger partial charge on any atom is -0.467 e. The number of anilines is 1. The molecule has 152 valence electrons. The van der Waals surface area contributed by atoms with E-state index in [1.54, 1.807) is 12.1 Å². The van der Waals surface area contributed by atoms with Gasteiger partial charge in [0.05, 0.1) is 18.6 Å². The van der Waals surface area contributed by atoms with Gasteiger partial charge in [-0.2, -0.15) is 0 Å². The molecular formula is C19H15N5O4S2. The molecule has 2 N–H and O–H groups in total. The minimum atomic E-state index is -0.640. The predicted molar refractivity (Wildman–Crippen MR) is 114 cm³/mol. The van der Waals surface area contributed by atoms with E-state index < -0.39 is 11.2 Å². The summed E-state index contributed by atoms with van der Waals surface area (Å²) in [6.45, 7) is 0.0716. The Morgan fingerprint density at radius 1 is 1.17 bits per heavy atom. The van der Waals surface area contributed by atoms with Gasteiger partial charge in [-0.05, 0) is 12.1 Å². The lowest BCUT2D eigenvalue weighted by molar-refractivity contribution is -0.113. The smallest absolute Gasteiger partial charge is 0.330 e. The van der Waals surface area contributed by atoms with Crippen LogP contribution in [-0.4, -0.2) is 31.4 Å². The maximum absolute atomic E-state index is 12.4. The number of furan rings is 1. The van der Waals surface area contributed by atoms with Crippen LogP contribution in [0, 0.1) is 0 Å². The lowest BCUT2D eigenvalue weighted by atomic mass is 10.2. The van der Waals surface area contributed by atoms with Gasteiger partial charge in [0.15, 0.2) is 4.34 Å². The monoisotopic (exact) mass is 441 g/mol. The third-order valence-corrected chi connectivity index (χ3v) is 6.06. The number of thioether (sulfide) groups is 1. The van der Waals surface area contributed by atoms with Crippen molar-refractivity contribution in [3.05, 3.63) is 81.4 Å². The molecule has 0 aliphatic carbocycles. The zero-order valence-corrected chi connectivity index (χ0v) is 17.0. The molecule has 0 aliphatic heterocycles. The molecule has 0 atom stereocenters. The Morgan fingerprint density at radius 2 is 2.00 bits per heavy atom. The number of carbonyl (C=O) groups is 1. The van der Waals surface area contributed by atoms with Crippen LogP contribution in [0.25, 0.3) is 10.6 Å². The second-order valence-corrected chi connectivity index (χ2v) is 8.27. The van der Waals surface area contributed by atoms with Gasteiger partial charge < -0.3 is 9.73 Å². The van der Waals surface area contributed by atoms with Crippen molar-refractivity contribution in [2.75, 3.05) is 11.1 Å². The maximum atomic E-state index is 12.4. The SMILES string of the molecule is O=C(CSc1nnc(-c2ccccc2)s1)Nc1cc(=O)[nH]c(=O)n1Cc1ccco1. The maximum Gasteiger partial charge on any atom is 0.330 e. The number of benzene rings is 1. The quantitative estimate of drug-likeness (QED) is 0.422. The number of hydrogen-bond donors (Lipinski definition) is 2. The van der Waals surface area contributed by atoms with E-state index in [1.165, 1.54) is 33.9 Å². The molecule has 0 fully saturated rings. The van der Waals surface area contributed by atoms with Crippen molar-refractivity contribution in [1.82, 2.24) is 19.7 Å². The molecule has 11 heteroatoms. The summed E-state index contributed by atoms with van der Waals surface area (Å²) in [5.74, 6) is 0.268. The van der Waals surface area contributed by atoms with Gasteiger partial charge in [-0.15, -0.1) is 10.2 Å². The van der Waals surface area contributed by atoms with E-state index in [9.17, 15) is 14.4 Å². The van der Waals surface area contributed by atoms with Crippen molar-refractivity contribution in [1.29, 1.82) is 0 Å². The van der Waals surface area contributed by atoms with Gasteiger partial charge in [0.25, 0.3) is 5.56 Å². The molecule has 9 nitrogen and oxygen atoms in total. The highest BCUT2D eigenvalue weighted by atomic mass is 32.2. The van der Waals surface area contributed by atoms with Crippen LogP contribution in [0.4, 0.5) is 5.82 Å². The van der Waals surface area contributed by atoms with Crippen LogP contribution in [0.5, 0.6) is 0 Å². The number of H-pyrrole nitrogens is 1. The van der Waals surface area contributed by atoms with Crippen LogP contribution in [-0.2, 0) is 11.3 Å². The summed E-state index contributed by atoms with van der Waals surface area (Å²) in [5.41, 5.74) is -0.287. The van der Waals surface area contributed by atoms with E-state index in [1.807, 2.05) is 30.3 Å². The summed E-state index contributed by atoms with van der Waals surface area (Å²) in [6.07, 6.45) is 1.48. The van der Waals surface area contributed by atoms with E-state index in [2.05, 4.69) is 20.5 Å². The fourth-order valence-electron chi connectivity index (χ4n) is 2.61. The molecule has 0 saturated carbocycles. The van der Waals surface area contributed by atoms with Crippen LogP contribution in [0.15, 0.2) is 73.1 Å². The Labute approximate surface area is 177 Å². The molecule has 0 saturated heterocycles. The molecule has 0 bridgehead atoms. The van der Waals surface area contributed by atoms with Gasteiger partial charge in [-0.1, -0.05) is 53.4 Å². The zero-order valence-electron chi connectivity index (χ0n) is 15.4. The van der Waals surface area contributed by atoms with Crippen molar-refractivity contribution in [3.63, 3.8) is 0 Å². The van der Waals surface area contributed by atoms with Gasteiger partial charge in [-0.3, -0.25) is 19.1 Å². The van der Waals surface area contributed by atoms with Crippen LogP contribution in [0.2, 0.25) is 0 Å². The molecule has 3 heterocycles. The van der Waals surface area contributed by atoms with E-state index in [4.69, 9.17) is 4.42 Å². The molecule has 30 heavy (non-hydrogen) atoms. The first kappa shape index (κ1) is 19.9. The number of rotatable bonds is 7. The second kappa shape index (κ2) is 8.93. The van der Waals surface area contributed by atoms with Crippen LogP contribution in [0.3, 0.4) is 0 Å². The molecular weight excluding hydrogens is 426 g/mol. The number of nitrogens with one attached hydrogen (secondary N) is 2. The molecule has 3 aromatic heterocycles. The minimum absolute atomic E-state index is 0.0468. The van der Waals surface area contributed by atoms with Crippen LogP contribution >= 0.6 is 23.1 Å². The Kier molecular flexibility index (Phi) is 5.91.